The molecule has 0 bridgehead atoms. The summed E-state index contributed by atoms with van der Waals surface area (Å²) >= 11 is 3.34. The number of sulfone groups is 1. The third-order valence-corrected chi connectivity index (χ3v) is 9.51. The molecule has 3 heterocycles. The molecule has 0 radical (unpaired) electrons. The Morgan fingerprint density at radius 2 is 1.63 bits per heavy atom. The third kappa shape index (κ3) is 4.43. The maximum atomic E-state index is 13.2. The lowest BCUT2D eigenvalue weighted by Gasteiger charge is -2.34. The van der Waals surface area contributed by atoms with Gasteiger partial charge in [0.25, 0.3) is 11.8 Å². The van der Waals surface area contributed by atoms with Gasteiger partial charge in [0.05, 0.1) is 4.90 Å². The van der Waals surface area contributed by atoms with Crippen molar-refractivity contribution in [1.29, 1.82) is 0 Å². The number of amides is 2. The minimum Gasteiger partial charge on any atom is -0.422 e. The van der Waals surface area contributed by atoms with E-state index in [4.69, 9.17) is 4.42 Å². The highest BCUT2D eigenvalue weighted by Crippen LogP contribution is 2.37. The fourth-order valence-corrected chi connectivity index (χ4v) is 7.07. The number of nitrogens with zero attached hydrogens (tertiary/aromatic N) is 3. The smallest absolute Gasteiger partial charge is 0.349 e. The van der Waals surface area contributed by atoms with E-state index in [0.717, 1.165) is 18.8 Å². The maximum absolute atomic E-state index is 13.2. The Balaban J connectivity index is 1.31. The summed E-state index contributed by atoms with van der Waals surface area (Å²) in [5, 5.41) is 0.641. The summed E-state index contributed by atoms with van der Waals surface area (Å²) in [5.74, 6) is -1.08. The van der Waals surface area contributed by atoms with E-state index in [1.165, 1.54) is 28.0 Å². The maximum Gasteiger partial charge on any atom is 0.349 e. The zero-order valence-electron chi connectivity index (χ0n) is 20.9. The minimum atomic E-state index is -3.93. The van der Waals surface area contributed by atoms with Gasteiger partial charge in [0.2, 0.25) is 9.84 Å². The Morgan fingerprint density at radius 3 is 2.26 bits per heavy atom. The fourth-order valence-electron chi connectivity index (χ4n) is 4.87. The van der Waals surface area contributed by atoms with Gasteiger partial charge in [0, 0.05) is 66.4 Å². The van der Waals surface area contributed by atoms with Crippen molar-refractivity contribution in [2.75, 3.05) is 44.2 Å². The summed E-state index contributed by atoms with van der Waals surface area (Å²) in [6.45, 7) is 6.30. The molecular weight excluding hydrogens is 574 g/mol. The van der Waals surface area contributed by atoms with Crippen LogP contribution in [-0.4, -0.2) is 69.3 Å². The molecule has 0 N–H and O–H groups in total. The predicted molar refractivity (Wildman–Crippen MR) is 148 cm³/mol. The van der Waals surface area contributed by atoms with E-state index in [0.29, 0.717) is 21.0 Å². The monoisotopic (exact) mass is 599 g/mol. The molecule has 0 spiro atoms. The van der Waals surface area contributed by atoms with Crippen LogP contribution in [0.5, 0.6) is 0 Å². The molecule has 2 amide bonds. The second-order valence-electron chi connectivity index (χ2n) is 9.09. The number of piperazine rings is 1. The third-order valence-electron chi connectivity index (χ3n) is 7.01. The van der Waals surface area contributed by atoms with Crippen LogP contribution >= 0.6 is 15.9 Å². The first kappa shape index (κ1) is 26.2. The number of hydrogen-bond donors (Lipinski definition) is 0. The van der Waals surface area contributed by atoms with Crippen molar-refractivity contribution in [2.45, 2.75) is 18.7 Å². The Kier molecular flexibility index (Phi) is 6.91. The van der Waals surface area contributed by atoms with Crippen LogP contribution in [0, 0.1) is 0 Å². The van der Waals surface area contributed by atoms with Crippen LogP contribution in [0.2, 0.25) is 0 Å². The summed E-state index contributed by atoms with van der Waals surface area (Å²) in [6.07, 6.45) is 1.39. The van der Waals surface area contributed by atoms with E-state index in [1.54, 1.807) is 18.2 Å². The number of hydrogen-bond acceptors (Lipinski definition) is 7. The number of carbonyl (C=O) groups is 2. The first-order valence-corrected chi connectivity index (χ1v) is 14.6. The predicted octanol–water partition coefficient (Wildman–Crippen LogP) is 3.51. The average Bonchev–Trinajstić information content (AvgIpc) is 3.19. The Hall–Kier alpha value is -3.44. The molecule has 2 aromatic carbocycles. The molecule has 11 heteroatoms. The van der Waals surface area contributed by atoms with Gasteiger partial charge < -0.3 is 19.1 Å². The number of fused-ring (bicyclic) bond motifs is 2. The topological polar surface area (TPSA) is 108 Å². The van der Waals surface area contributed by atoms with E-state index in [-0.39, 0.29) is 41.5 Å². The molecule has 0 atom stereocenters. The summed E-state index contributed by atoms with van der Waals surface area (Å²) in [4.78, 5) is 43.9. The molecule has 3 aromatic rings. The Bertz CT molecular complexity index is 1650. The molecule has 0 unspecified atom stereocenters. The van der Waals surface area contributed by atoms with Crippen LogP contribution in [0.4, 0.5) is 5.69 Å². The number of benzene rings is 2. The number of rotatable bonds is 5. The van der Waals surface area contributed by atoms with Crippen LogP contribution in [0.15, 0.2) is 65.9 Å². The Morgan fingerprint density at radius 1 is 0.974 bits per heavy atom. The SMILES string of the molecule is CCN(CC)c1ccc2cc(C(=O)N3CCN(C(=O)C4=Cc5c(Br)cccc5S4(=O)=O)CC3)c(=O)oc2c1. The summed E-state index contributed by atoms with van der Waals surface area (Å²) < 4.78 is 32.0. The van der Waals surface area contributed by atoms with Crippen molar-refractivity contribution >= 4 is 60.3 Å². The van der Waals surface area contributed by atoms with Crippen LogP contribution in [0.3, 0.4) is 0 Å². The minimum absolute atomic E-state index is 0.0748. The van der Waals surface area contributed by atoms with Crippen molar-refractivity contribution < 1.29 is 22.4 Å². The fraction of sp³-hybridized carbons (Fsp3) is 0.296. The van der Waals surface area contributed by atoms with Gasteiger partial charge in [-0.2, -0.15) is 0 Å². The Labute approximate surface area is 228 Å². The second kappa shape index (κ2) is 10.0. The van der Waals surface area contributed by atoms with Crippen molar-refractivity contribution in [3.05, 3.63) is 73.4 Å². The van der Waals surface area contributed by atoms with Gasteiger partial charge in [-0.15, -0.1) is 0 Å². The molecule has 2 aliphatic rings. The summed E-state index contributed by atoms with van der Waals surface area (Å²) in [6, 6.07) is 11.9. The standard InChI is InChI=1S/C27H26BrN3O6S/c1-3-29(4-2)18-9-8-17-14-20(27(34)37-22(17)15-18)25(32)30-10-12-31(13-11-30)26(33)24-16-19-21(28)6-5-7-23(19)38(24,35)36/h5-9,14-16H,3-4,10-13H2,1-2H3. The second-order valence-corrected chi connectivity index (χ2v) is 11.8. The lowest BCUT2D eigenvalue weighted by atomic mass is 10.1. The number of anilines is 1. The molecule has 0 aliphatic carbocycles. The van der Waals surface area contributed by atoms with Gasteiger partial charge in [-0.3, -0.25) is 9.59 Å². The van der Waals surface area contributed by atoms with Gasteiger partial charge in [-0.25, -0.2) is 13.2 Å². The van der Waals surface area contributed by atoms with E-state index in [2.05, 4.69) is 20.8 Å². The highest BCUT2D eigenvalue weighted by molar-refractivity contribution is 9.10. The molecule has 198 valence electrons. The van der Waals surface area contributed by atoms with E-state index < -0.39 is 27.3 Å². The van der Waals surface area contributed by atoms with Crippen LogP contribution in [0.25, 0.3) is 17.0 Å². The van der Waals surface area contributed by atoms with Gasteiger partial charge >= 0.3 is 5.63 Å². The van der Waals surface area contributed by atoms with Crippen LogP contribution < -0.4 is 10.5 Å². The number of carbonyl (C=O) groups excluding carboxylic acids is 2. The van der Waals surface area contributed by atoms with Crippen LogP contribution in [0.1, 0.15) is 29.8 Å². The molecular formula is C27H26BrN3O6S. The average molecular weight is 600 g/mol. The largest absolute Gasteiger partial charge is 0.422 e. The molecule has 38 heavy (non-hydrogen) atoms. The zero-order chi connectivity index (χ0) is 27.2. The van der Waals surface area contributed by atoms with Gasteiger partial charge in [-0.1, -0.05) is 22.0 Å². The first-order chi connectivity index (χ1) is 18.1. The lowest BCUT2D eigenvalue weighted by molar-refractivity contribution is -0.127. The molecule has 0 saturated carbocycles. The van der Waals surface area contributed by atoms with Gasteiger partial charge in [0.1, 0.15) is 16.1 Å². The normalized spacial score (nSPS) is 16.3. The van der Waals surface area contributed by atoms with Crippen molar-refractivity contribution in [3.63, 3.8) is 0 Å². The molecule has 2 aliphatic heterocycles. The van der Waals surface area contributed by atoms with Crippen LogP contribution in [-0.2, 0) is 14.6 Å². The highest BCUT2D eigenvalue weighted by Gasteiger charge is 2.38. The lowest BCUT2D eigenvalue weighted by Crippen LogP contribution is -2.51. The van der Waals surface area contributed by atoms with Gasteiger partial charge in [0.15, 0.2) is 0 Å². The molecule has 1 saturated heterocycles. The molecule has 1 fully saturated rings. The molecule has 1 aromatic heterocycles. The highest BCUT2D eigenvalue weighted by atomic mass is 79.9. The van der Waals surface area contributed by atoms with E-state index in [9.17, 15) is 22.8 Å². The zero-order valence-corrected chi connectivity index (χ0v) is 23.3. The van der Waals surface area contributed by atoms with E-state index in [1.807, 2.05) is 26.0 Å². The quantitative estimate of drug-likeness (QED) is 0.413. The van der Waals surface area contributed by atoms with Crippen molar-refractivity contribution in [2.24, 2.45) is 0 Å². The number of halogens is 1. The molecule has 9 nitrogen and oxygen atoms in total. The van der Waals surface area contributed by atoms with Crippen molar-refractivity contribution in [3.8, 4) is 0 Å². The van der Waals surface area contributed by atoms with E-state index >= 15 is 0 Å². The van der Waals surface area contributed by atoms with Gasteiger partial charge in [-0.05, 0) is 50.3 Å². The molecule has 5 rings (SSSR count). The summed E-state index contributed by atoms with van der Waals surface area (Å²) in [5.41, 5.74) is 1.000. The first-order valence-electron chi connectivity index (χ1n) is 12.3. The van der Waals surface area contributed by atoms with Crippen molar-refractivity contribution in [1.82, 2.24) is 9.80 Å². The summed E-state index contributed by atoms with van der Waals surface area (Å²) in [7, 11) is -3.93.